The van der Waals surface area contributed by atoms with Gasteiger partial charge in [0.15, 0.2) is 0 Å². The highest BCUT2D eigenvalue weighted by Gasteiger charge is 2.37. The third kappa shape index (κ3) is 2.67. The number of halogens is 1. The number of benzene rings is 2. The molecule has 2 aromatic rings. The molecule has 0 fully saturated rings. The van der Waals surface area contributed by atoms with E-state index in [-0.39, 0.29) is 12.3 Å². The fourth-order valence-electron chi connectivity index (χ4n) is 2.43. The number of hydrogen-bond donors (Lipinski definition) is 1. The molecule has 1 aliphatic heterocycles. The average molecular weight is 319 g/mol. The molecule has 1 unspecified atom stereocenters. The van der Waals surface area contributed by atoms with Gasteiger partial charge < -0.3 is 10.6 Å². The van der Waals surface area contributed by atoms with Crippen molar-refractivity contribution < 1.29 is 4.79 Å². The van der Waals surface area contributed by atoms with Crippen LogP contribution in [0.15, 0.2) is 53.4 Å². The minimum atomic E-state index is -0.772. The van der Waals surface area contributed by atoms with E-state index in [1.807, 2.05) is 42.5 Å². The Balaban J connectivity index is 2.11. The van der Waals surface area contributed by atoms with E-state index >= 15 is 0 Å². The van der Waals surface area contributed by atoms with Gasteiger partial charge in [-0.2, -0.15) is 0 Å². The summed E-state index contributed by atoms with van der Waals surface area (Å²) in [5, 5.41) is 0.609. The Hall–Kier alpha value is -1.49. The van der Waals surface area contributed by atoms with Crippen LogP contribution in [0.2, 0.25) is 5.02 Å². The quantitative estimate of drug-likeness (QED) is 0.873. The second kappa shape index (κ2) is 5.37. The van der Waals surface area contributed by atoms with E-state index in [1.54, 1.807) is 18.0 Å². The summed E-state index contributed by atoms with van der Waals surface area (Å²) in [6.07, 6.45) is 0.241. The standard InChI is InChI=1S/C16H15ClN2OS/c1-19-13-9-12(17)7-8-14(13)21-16(18,10-15(19)20)11-5-3-2-4-6-11/h2-9H,10,18H2,1H3. The van der Waals surface area contributed by atoms with Gasteiger partial charge in [0.05, 0.1) is 12.1 Å². The SMILES string of the molecule is CN1C(=O)CC(N)(c2ccccc2)Sc2ccc(Cl)cc21. The second-order valence-corrected chi connectivity index (χ2v) is 6.91. The summed E-state index contributed by atoms with van der Waals surface area (Å²) in [5.41, 5.74) is 8.32. The lowest BCUT2D eigenvalue weighted by Gasteiger charge is -2.27. The van der Waals surface area contributed by atoms with Gasteiger partial charge in [0.25, 0.3) is 0 Å². The van der Waals surface area contributed by atoms with Crippen molar-refractivity contribution in [1.29, 1.82) is 0 Å². The first-order valence-corrected chi connectivity index (χ1v) is 7.78. The van der Waals surface area contributed by atoms with Crippen LogP contribution in [0.25, 0.3) is 0 Å². The molecular formula is C16H15ClN2OS. The Morgan fingerprint density at radius 3 is 2.67 bits per heavy atom. The number of hydrogen-bond acceptors (Lipinski definition) is 3. The molecule has 0 saturated heterocycles. The molecule has 3 rings (SSSR count). The number of nitrogens with two attached hydrogens (primary N) is 1. The maximum absolute atomic E-state index is 12.5. The third-order valence-electron chi connectivity index (χ3n) is 3.62. The Bertz CT molecular complexity index is 692. The van der Waals surface area contributed by atoms with Crippen molar-refractivity contribution in [2.45, 2.75) is 16.2 Å². The molecule has 2 aromatic carbocycles. The molecule has 0 spiro atoms. The highest BCUT2D eigenvalue weighted by atomic mass is 35.5. The van der Waals surface area contributed by atoms with Crippen LogP contribution in [0.1, 0.15) is 12.0 Å². The van der Waals surface area contributed by atoms with E-state index in [0.717, 1.165) is 16.1 Å². The van der Waals surface area contributed by atoms with Crippen LogP contribution in [0, 0.1) is 0 Å². The third-order valence-corrected chi connectivity index (χ3v) is 5.17. The Morgan fingerprint density at radius 2 is 1.95 bits per heavy atom. The van der Waals surface area contributed by atoms with Crippen molar-refractivity contribution in [2.75, 3.05) is 11.9 Å². The fourth-order valence-corrected chi connectivity index (χ4v) is 3.87. The number of thioether (sulfide) groups is 1. The van der Waals surface area contributed by atoms with Gasteiger partial charge in [-0.15, -0.1) is 0 Å². The molecule has 0 bridgehead atoms. The molecule has 5 heteroatoms. The zero-order valence-corrected chi connectivity index (χ0v) is 13.1. The first-order chi connectivity index (χ1) is 9.99. The van der Waals surface area contributed by atoms with Crippen LogP contribution in [-0.4, -0.2) is 13.0 Å². The topological polar surface area (TPSA) is 46.3 Å². The van der Waals surface area contributed by atoms with Gasteiger partial charge in [-0.3, -0.25) is 4.79 Å². The largest absolute Gasteiger partial charge is 0.314 e. The van der Waals surface area contributed by atoms with Crippen LogP contribution in [0.4, 0.5) is 5.69 Å². The summed E-state index contributed by atoms with van der Waals surface area (Å²) in [6, 6.07) is 15.3. The highest BCUT2D eigenvalue weighted by molar-refractivity contribution is 8.00. The smallest absolute Gasteiger partial charge is 0.229 e. The Labute approximate surface area is 133 Å². The van der Waals surface area contributed by atoms with E-state index in [2.05, 4.69) is 0 Å². The first-order valence-electron chi connectivity index (χ1n) is 6.59. The van der Waals surface area contributed by atoms with Gasteiger partial charge in [0.2, 0.25) is 5.91 Å². The molecule has 1 amide bonds. The van der Waals surface area contributed by atoms with Crippen molar-refractivity contribution >= 4 is 35.0 Å². The molecule has 1 heterocycles. The maximum atomic E-state index is 12.5. The van der Waals surface area contributed by atoms with Crippen molar-refractivity contribution in [1.82, 2.24) is 0 Å². The lowest BCUT2D eigenvalue weighted by molar-refractivity contribution is -0.118. The fraction of sp³-hybridized carbons (Fsp3) is 0.188. The van der Waals surface area contributed by atoms with Crippen LogP contribution >= 0.6 is 23.4 Å². The monoisotopic (exact) mass is 318 g/mol. The number of nitrogens with zero attached hydrogens (tertiary/aromatic N) is 1. The number of carbonyl (C=O) groups is 1. The first kappa shape index (κ1) is 14.4. The minimum Gasteiger partial charge on any atom is -0.314 e. The van der Waals surface area contributed by atoms with Gasteiger partial charge in [-0.1, -0.05) is 53.7 Å². The van der Waals surface area contributed by atoms with Gasteiger partial charge in [0.1, 0.15) is 4.87 Å². The molecule has 108 valence electrons. The predicted octanol–water partition coefficient (Wildman–Crippen LogP) is 3.61. The Morgan fingerprint density at radius 1 is 1.24 bits per heavy atom. The van der Waals surface area contributed by atoms with Crippen LogP contribution < -0.4 is 10.6 Å². The number of fused-ring (bicyclic) bond motifs is 1. The zero-order chi connectivity index (χ0) is 15.0. The van der Waals surface area contributed by atoms with E-state index < -0.39 is 4.87 Å². The zero-order valence-electron chi connectivity index (χ0n) is 11.5. The van der Waals surface area contributed by atoms with E-state index in [9.17, 15) is 4.79 Å². The summed E-state index contributed by atoms with van der Waals surface area (Å²) in [7, 11) is 1.76. The number of anilines is 1. The molecule has 1 aliphatic rings. The molecule has 0 radical (unpaired) electrons. The summed E-state index contributed by atoms with van der Waals surface area (Å²) < 4.78 is 0. The van der Waals surface area contributed by atoms with Crippen molar-refractivity contribution in [3.63, 3.8) is 0 Å². The normalized spacial score (nSPS) is 21.9. The summed E-state index contributed by atoms with van der Waals surface area (Å²) in [4.78, 5) is 14.3. The molecule has 0 aliphatic carbocycles. The second-order valence-electron chi connectivity index (χ2n) is 5.10. The van der Waals surface area contributed by atoms with Gasteiger partial charge >= 0.3 is 0 Å². The number of amides is 1. The number of carbonyl (C=O) groups excluding carboxylic acids is 1. The number of rotatable bonds is 1. The van der Waals surface area contributed by atoms with E-state index in [4.69, 9.17) is 17.3 Å². The van der Waals surface area contributed by atoms with Crippen LogP contribution in [0.3, 0.4) is 0 Å². The molecule has 1 atom stereocenters. The van der Waals surface area contributed by atoms with Gasteiger partial charge in [0, 0.05) is 17.0 Å². The molecular weight excluding hydrogens is 304 g/mol. The molecule has 3 nitrogen and oxygen atoms in total. The van der Waals surface area contributed by atoms with E-state index in [1.165, 1.54) is 11.8 Å². The lowest BCUT2D eigenvalue weighted by atomic mass is 10.0. The van der Waals surface area contributed by atoms with Crippen molar-refractivity contribution in [3.05, 3.63) is 59.1 Å². The minimum absolute atomic E-state index is 0.0186. The maximum Gasteiger partial charge on any atom is 0.229 e. The van der Waals surface area contributed by atoms with Crippen LogP contribution in [-0.2, 0) is 9.67 Å². The molecule has 21 heavy (non-hydrogen) atoms. The summed E-state index contributed by atoms with van der Waals surface area (Å²) >= 11 is 7.56. The highest BCUT2D eigenvalue weighted by Crippen LogP contribution is 2.47. The van der Waals surface area contributed by atoms with E-state index in [0.29, 0.717) is 5.02 Å². The van der Waals surface area contributed by atoms with Crippen LogP contribution in [0.5, 0.6) is 0 Å². The van der Waals surface area contributed by atoms with Crippen molar-refractivity contribution in [2.24, 2.45) is 5.73 Å². The molecule has 0 aromatic heterocycles. The molecule has 0 saturated carbocycles. The lowest BCUT2D eigenvalue weighted by Crippen LogP contribution is -2.38. The van der Waals surface area contributed by atoms with Crippen molar-refractivity contribution in [3.8, 4) is 0 Å². The average Bonchev–Trinajstić information content (AvgIpc) is 2.57. The summed E-state index contributed by atoms with van der Waals surface area (Å²) in [5.74, 6) is -0.0186. The predicted molar refractivity (Wildman–Crippen MR) is 87.6 cm³/mol. The summed E-state index contributed by atoms with van der Waals surface area (Å²) in [6.45, 7) is 0. The van der Waals surface area contributed by atoms with Gasteiger partial charge in [-0.05, 0) is 23.8 Å². The molecule has 2 N–H and O–H groups in total. The van der Waals surface area contributed by atoms with Gasteiger partial charge in [-0.25, -0.2) is 0 Å². The Kier molecular flexibility index (Phi) is 3.69.